The van der Waals surface area contributed by atoms with Gasteiger partial charge in [-0.15, -0.1) is 0 Å². The Morgan fingerprint density at radius 2 is 1.53 bits per heavy atom. The number of hydrogen-bond acceptors (Lipinski definition) is 9. The van der Waals surface area contributed by atoms with Crippen molar-refractivity contribution in [1.82, 2.24) is 16.0 Å². The van der Waals surface area contributed by atoms with Gasteiger partial charge in [-0.3, -0.25) is 14.4 Å². The number of hydrogen-bond donors (Lipinski definition) is 9. The first kappa shape index (κ1) is 27.2. The summed E-state index contributed by atoms with van der Waals surface area (Å²) in [4.78, 5) is 48.6. The maximum Gasteiger partial charge on any atom is 0.328 e. The van der Waals surface area contributed by atoms with Gasteiger partial charge in [0.2, 0.25) is 17.7 Å². The van der Waals surface area contributed by atoms with Crippen LogP contribution in [0, 0.1) is 0 Å². The van der Waals surface area contributed by atoms with Crippen molar-refractivity contribution in [1.29, 1.82) is 0 Å². The number of carbonyl (C=O) groups is 4. The van der Waals surface area contributed by atoms with Gasteiger partial charge in [-0.2, -0.15) is 12.6 Å². The van der Waals surface area contributed by atoms with E-state index in [1.165, 1.54) is 31.2 Å². The molecule has 0 spiro atoms. The molecule has 5 unspecified atom stereocenters. The molecular weight excluding hydrogens is 444 g/mol. The third-order valence-corrected chi connectivity index (χ3v) is 4.77. The lowest BCUT2D eigenvalue weighted by molar-refractivity contribution is -0.145. The van der Waals surface area contributed by atoms with Crippen molar-refractivity contribution in [3.63, 3.8) is 0 Å². The fourth-order valence-corrected chi connectivity index (χ4v) is 2.80. The summed E-state index contributed by atoms with van der Waals surface area (Å²) in [6.07, 6.45) is -1.50. The van der Waals surface area contributed by atoms with E-state index < -0.39 is 60.6 Å². The van der Waals surface area contributed by atoms with Gasteiger partial charge < -0.3 is 42.1 Å². The molecule has 0 radical (unpaired) electrons. The molecule has 0 aliphatic heterocycles. The van der Waals surface area contributed by atoms with Gasteiger partial charge in [0, 0.05) is 12.2 Å². The van der Waals surface area contributed by atoms with Crippen molar-refractivity contribution >= 4 is 36.3 Å². The molecule has 0 heterocycles. The molecule has 13 heteroatoms. The molecule has 0 bridgehead atoms. The van der Waals surface area contributed by atoms with Crippen molar-refractivity contribution in [2.24, 2.45) is 5.73 Å². The summed E-state index contributed by atoms with van der Waals surface area (Å²) in [6.45, 7) is 0.540. The SMILES string of the molecule is CC(O)C(NC(=O)C(Cc1ccc(O)cc1)NC(=O)C(CS)NC(=O)C(N)CO)C(=O)O. The van der Waals surface area contributed by atoms with Gasteiger partial charge in [0.15, 0.2) is 6.04 Å². The lowest BCUT2D eigenvalue weighted by atomic mass is 10.0. The molecule has 3 amide bonds. The maximum absolute atomic E-state index is 12.7. The van der Waals surface area contributed by atoms with E-state index in [0.717, 1.165) is 0 Å². The highest BCUT2D eigenvalue weighted by atomic mass is 32.1. The molecule has 0 aromatic heterocycles. The van der Waals surface area contributed by atoms with Crippen molar-refractivity contribution in [2.45, 2.75) is 43.6 Å². The van der Waals surface area contributed by atoms with E-state index in [9.17, 15) is 34.5 Å². The second kappa shape index (κ2) is 12.9. The minimum Gasteiger partial charge on any atom is -0.508 e. The number of carboxylic acid groups (broad SMARTS) is 1. The van der Waals surface area contributed by atoms with Gasteiger partial charge in [-0.25, -0.2) is 4.79 Å². The zero-order chi connectivity index (χ0) is 24.4. The summed E-state index contributed by atoms with van der Waals surface area (Å²) in [7, 11) is 0. The summed E-state index contributed by atoms with van der Waals surface area (Å²) in [5.41, 5.74) is 5.94. The molecule has 178 valence electrons. The van der Waals surface area contributed by atoms with Crippen LogP contribution in [0.5, 0.6) is 5.75 Å². The van der Waals surface area contributed by atoms with Crippen molar-refractivity contribution < 1.29 is 39.6 Å². The Morgan fingerprint density at radius 3 is 2.00 bits per heavy atom. The molecule has 5 atom stereocenters. The van der Waals surface area contributed by atoms with Crippen LogP contribution < -0.4 is 21.7 Å². The third-order valence-electron chi connectivity index (χ3n) is 4.40. The van der Waals surface area contributed by atoms with Crippen molar-refractivity contribution in [2.75, 3.05) is 12.4 Å². The molecule has 12 nitrogen and oxygen atoms in total. The second-order valence-electron chi connectivity index (χ2n) is 7.03. The number of nitrogens with one attached hydrogen (secondary N) is 3. The molecule has 0 saturated heterocycles. The van der Waals surface area contributed by atoms with Crippen LogP contribution in [0.2, 0.25) is 0 Å². The molecule has 1 aromatic carbocycles. The number of benzene rings is 1. The number of phenols is 1. The Hall–Kier alpha value is -2.87. The molecule has 0 aliphatic carbocycles. The first-order valence-electron chi connectivity index (χ1n) is 9.57. The van der Waals surface area contributed by atoms with Gasteiger partial charge in [-0.05, 0) is 24.6 Å². The lowest BCUT2D eigenvalue weighted by Gasteiger charge is -2.25. The summed E-state index contributed by atoms with van der Waals surface area (Å²) >= 11 is 4.00. The predicted molar refractivity (Wildman–Crippen MR) is 116 cm³/mol. The Kier molecular flexibility index (Phi) is 10.9. The molecule has 1 rings (SSSR count). The zero-order valence-electron chi connectivity index (χ0n) is 17.3. The molecule has 0 saturated carbocycles. The Bertz CT molecular complexity index is 805. The number of aliphatic carboxylic acids is 1. The number of nitrogens with two attached hydrogens (primary N) is 1. The normalized spacial score (nSPS) is 15.5. The van der Waals surface area contributed by atoms with Crippen molar-refractivity contribution in [3.05, 3.63) is 29.8 Å². The van der Waals surface area contributed by atoms with Gasteiger partial charge in [-0.1, -0.05) is 12.1 Å². The van der Waals surface area contributed by atoms with E-state index in [1.807, 2.05) is 0 Å². The average Bonchev–Trinajstić information content (AvgIpc) is 2.75. The Balaban J connectivity index is 3.06. The monoisotopic (exact) mass is 472 g/mol. The molecular formula is C19H28N4O8S. The summed E-state index contributed by atoms with van der Waals surface area (Å²) in [5.74, 6) is -4.15. The number of carbonyl (C=O) groups excluding carboxylic acids is 3. The summed E-state index contributed by atoms with van der Waals surface area (Å²) in [6, 6.07) is 0.369. The fraction of sp³-hybridized carbons (Fsp3) is 0.474. The van der Waals surface area contributed by atoms with Crippen LogP contribution in [-0.2, 0) is 25.6 Å². The third kappa shape index (κ3) is 8.34. The highest BCUT2D eigenvalue weighted by Gasteiger charge is 2.31. The smallest absolute Gasteiger partial charge is 0.328 e. The van der Waals surface area contributed by atoms with Crippen LogP contribution >= 0.6 is 12.6 Å². The topological polar surface area (TPSA) is 211 Å². The molecule has 32 heavy (non-hydrogen) atoms. The maximum atomic E-state index is 12.7. The lowest BCUT2D eigenvalue weighted by Crippen LogP contribution is -2.59. The minimum absolute atomic E-state index is 0.0168. The van der Waals surface area contributed by atoms with Crippen LogP contribution in [-0.4, -0.2) is 86.7 Å². The van der Waals surface area contributed by atoms with Gasteiger partial charge in [0.1, 0.15) is 23.9 Å². The first-order chi connectivity index (χ1) is 15.0. The van der Waals surface area contributed by atoms with Gasteiger partial charge in [0.25, 0.3) is 0 Å². The van der Waals surface area contributed by atoms with Crippen LogP contribution in [0.1, 0.15) is 12.5 Å². The van der Waals surface area contributed by atoms with E-state index in [0.29, 0.717) is 5.56 Å². The van der Waals surface area contributed by atoms with Crippen LogP contribution in [0.25, 0.3) is 0 Å². The van der Waals surface area contributed by atoms with Crippen LogP contribution in [0.3, 0.4) is 0 Å². The number of rotatable bonds is 12. The second-order valence-corrected chi connectivity index (χ2v) is 7.39. The van der Waals surface area contributed by atoms with Gasteiger partial charge >= 0.3 is 5.97 Å². The standard InChI is InChI=1S/C19H28N4O8S/c1-9(25)15(19(30)31)23-17(28)13(6-10-2-4-11(26)5-3-10)21-18(29)14(8-32)22-16(27)12(20)7-24/h2-5,9,12-15,24-26,32H,6-8,20H2,1H3,(H,21,29)(H,22,27)(H,23,28)(H,30,31). The quantitative estimate of drug-likeness (QED) is 0.143. The Morgan fingerprint density at radius 1 is 1.00 bits per heavy atom. The van der Waals surface area contributed by atoms with E-state index in [1.54, 1.807) is 0 Å². The molecule has 1 aromatic rings. The number of phenolic OH excluding ortho intramolecular Hbond substituents is 1. The van der Waals surface area contributed by atoms with E-state index in [-0.39, 0.29) is 17.9 Å². The van der Waals surface area contributed by atoms with E-state index in [2.05, 4.69) is 28.6 Å². The highest BCUT2D eigenvalue weighted by molar-refractivity contribution is 7.80. The number of aliphatic hydroxyl groups excluding tert-OH is 2. The van der Waals surface area contributed by atoms with Crippen LogP contribution in [0.15, 0.2) is 24.3 Å². The minimum atomic E-state index is -1.62. The average molecular weight is 473 g/mol. The molecule has 0 fully saturated rings. The zero-order valence-corrected chi connectivity index (χ0v) is 18.2. The number of amides is 3. The molecule has 0 aliphatic rings. The molecule has 9 N–H and O–H groups in total. The summed E-state index contributed by atoms with van der Waals surface area (Å²) < 4.78 is 0. The van der Waals surface area contributed by atoms with Gasteiger partial charge in [0.05, 0.1) is 12.7 Å². The largest absolute Gasteiger partial charge is 0.508 e. The highest BCUT2D eigenvalue weighted by Crippen LogP contribution is 2.12. The first-order valence-corrected chi connectivity index (χ1v) is 10.2. The fourth-order valence-electron chi connectivity index (χ4n) is 2.55. The summed E-state index contributed by atoms with van der Waals surface area (Å²) in [5, 5.41) is 44.1. The number of carboxylic acids is 1. The van der Waals surface area contributed by atoms with Crippen LogP contribution in [0.4, 0.5) is 0 Å². The Labute approximate surface area is 189 Å². The number of aliphatic hydroxyl groups is 2. The number of aromatic hydroxyl groups is 1. The predicted octanol–water partition coefficient (Wildman–Crippen LogP) is -2.90. The van der Waals surface area contributed by atoms with E-state index in [4.69, 9.17) is 10.8 Å². The van der Waals surface area contributed by atoms with E-state index >= 15 is 0 Å². The number of thiol groups is 1. The van der Waals surface area contributed by atoms with Crippen molar-refractivity contribution in [3.8, 4) is 5.75 Å².